The lowest BCUT2D eigenvalue weighted by Gasteiger charge is -2.27. The van der Waals surface area contributed by atoms with Crippen molar-refractivity contribution in [3.05, 3.63) is 35.4 Å². The average molecular weight is 256 g/mol. The molecule has 0 aromatic heterocycles. The zero-order valence-electron chi connectivity index (χ0n) is 9.66. The summed E-state index contributed by atoms with van der Waals surface area (Å²) in [7, 11) is 0. The highest BCUT2D eigenvalue weighted by molar-refractivity contribution is 5.87. The minimum absolute atomic E-state index is 0.0405. The first-order chi connectivity index (χ1) is 9.15. The van der Waals surface area contributed by atoms with Gasteiger partial charge in [0.05, 0.1) is 5.69 Å². The predicted molar refractivity (Wildman–Crippen MR) is 65.3 cm³/mol. The van der Waals surface area contributed by atoms with E-state index in [-0.39, 0.29) is 12.1 Å². The van der Waals surface area contributed by atoms with E-state index in [9.17, 15) is 19.5 Å². The van der Waals surface area contributed by atoms with Crippen LogP contribution in [0.5, 0.6) is 0 Å². The minimum Gasteiger partial charge on any atom is -0.479 e. The summed E-state index contributed by atoms with van der Waals surface area (Å²) < 4.78 is 0. The summed E-state index contributed by atoms with van der Waals surface area (Å²) in [6, 6.07) is 4.64. The molecule has 1 unspecified atom stereocenters. The maximum atomic E-state index is 11.5. The number of hydrogen-bond donors (Lipinski definition) is 1. The zero-order valence-corrected chi connectivity index (χ0v) is 9.66. The van der Waals surface area contributed by atoms with Crippen LogP contribution in [-0.2, 0) is 19.9 Å². The van der Waals surface area contributed by atoms with E-state index >= 15 is 0 Å². The molecule has 1 aliphatic rings. The number of fused-ring (bicyclic) bond motifs is 1. The molecule has 0 saturated carbocycles. The Labute approximate surface area is 107 Å². The first-order valence-corrected chi connectivity index (χ1v) is 5.36. The molecule has 1 aliphatic carbocycles. The van der Waals surface area contributed by atoms with Crippen molar-refractivity contribution in [2.45, 2.75) is 12.0 Å². The van der Waals surface area contributed by atoms with Crippen LogP contribution in [0, 0.1) is 0 Å². The number of aliphatic imine (C=N–C) groups is 2. The van der Waals surface area contributed by atoms with Crippen molar-refractivity contribution in [1.82, 2.24) is 0 Å². The van der Waals surface area contributed by atoms with E-state index in [2.05, 4.69) is 9.98 Å². The number of carboxylic acids is 1. The van der Waals surface area contributed by atoms with E-state index in [4.69, 9.17) is 0 Å². The van der Waals surface area contributed by atoms with E-state index < -0.39 is 11.5 Å². The largest absolute Gasteiger partial charge is 0.479 e. The second-order valence-corrected chi connectivity index (χ2v) is 3.92. The van der Waals surface area contributed by atoms with E-state index in [1.54, 1.807) is 24.3 Å². The fourth-order valence-electron chi connectivity index (χ4n) is 2.13. The Balaban J connectivity index is 2.79. The molecule has 0 saturated heterocycles. The summed E-state index contributed by atoms with van der Waals surface area (Å²) in [5.41, 5.74) is -0.670. The molecular weight excluding hydrogens is 248 g/mol. The van der Waals surface area contributed by atoms with Crippen molar-refractivity contribution in [1.29, 1.82) is 0 Å². The second kappa shape index (κ2) is 4.82. The van der Waals surface area contributed by atoms with Gasteiger partial charge in [-0.25, -0.2) is 14.4 Å². The van der Waals surface area contributed by atoms with Gasteiger partial charge in [-0.05, 0) is 6.07 Å². The van der Waals surface area contributed by atoms with Crippen LogP contribution >= 0.6 is 0 Å². The van der Waals surface area contributed by atoms with Gasteiger partial charge in [0.15, 0.2) is 5.54 Å². The fourth-order valence-corrected chi connectivity index (χ4v) is 2.13. The SMILES string of the molecule is O=C=Nc1cccc2c1C=CCC2(N=C=O)C(=O)O. The summed E-state index contributed by atoms with van der Waals surface area (Å²) in [5, 5.41) is 9.37. The summed E-state index contributed by atoms with van der Waals surface area (Å²) >= 11 is 0. The molecule has 0 heterocycles. The van der Waals surface area contributed by atoms with Gasteiger partial charge in [0, 0.05) is 17.5 Å². The number of carbonyl (C=O) groups excluding carboxylic acids is 2. The molecule has 6 heteroatoms. The molecule has 0 amide bonds. The number of hydrogen-bond acceptors (Lipinski definition) is 5. The maximum Gasteiger partial charge on any atom is 0.337 e. The van der Waals surface area contributed by atoms with E-state index in [1.165, 1.54) is 18.2 Å². The second-order valence-electron chi connectivity index (χ2n) is 3.92. The Morgan fingerprint density at radius 3 is 2.74 bits per heavy atom. The number of aliphatic carboxylic acids is 1. The minimum atomic E-state index is -1.71. The third kappa shape index (κ3) is 1.91. The van der Waals surface area contributed by atoms with Gasteiger partial charge in [-0.3, -0.25) is 0 Å². The van der Waals surface area contributed by atoms with Gasteiger partial charge in [0.2, 0.25) is 12.2 Å². The number of isocyanates is 2. The van der Waals surface area contributed by atoms with Crippen LogP contribution in [-0.4, -0.2) is 23.2 Å². The summed E-state index contributed by atoms with van der Waals surface area (Å²) in [6.45, 7) is 0. The number of benzene rings is 1. The van der Waals surface area contributed by atoms with Crippen LogP contribution in [0.4, 0.5) is 5.69 Å². The number of nitrogens with zero attached hydrogens (tertiary/aromatic N) is 2. The van der Waals surface area contributed by atoms with Gasteiger partial charge in [0.25, 0.3) is 0 Å². The molecule has 1 atom stereocenters. The lowest BCUT2D eigenvalue weighted by molar-refractivity contribution is -0.143. The smallest absolute Gasteiger partial charge is 0.337 e. The van der Waals surface area contributed by atoms with Crippen molar-refractivity contribution in [3.8, 4) is 0 Å². The van der Waals surface area contributed by atoms with Gasteiger partial charge in [0.1, 0.15) is 0 Å². The standard InChI is InChI=1S/C13H8N2O4/c16-7-14-11-5-1-4-10-9(11)3-2-6-13(10,12(18)19)15-8-17/h1-5H,6H2,(H,18,19). The van der Waals surface area contributed by atoms with Crippen LogP contribution < -0.4 is 0 Å². The Hall–Kier alpha value is -2.81. The highest BCUT2D eigenvalue weighted by atomic mass is 16.4. The van der Waals surface area contributed by atoms with Crippen molar-refractivity contribution in [2.75, 3.05) is 0 Å². The van der Waals surface area contributed by atoms with Gasteiger partial charge < -0.3 is 5.11 Å². The lowest BCUT2D eigenvalue weighted by atomic mass is 9.80. The number of carboxylic acid groups (broad SMARTS) is 1. The highest BCUT2D eigenvalue weighted by Gasteiger charge is 2.43. The van der Waals surface area contributed by atoms with Crippen molar-refractivity contribution >= 4 is 29.9 Å². The summed E-state index contributed by atoms with van der Waals surface area (Å²) in [4.78, 5) is 39.4. The first kappa shape index (κ1) is 12.6. The van der Waals surface area contributed by atoms with Gasteiger partial charge in [-0.15, -0.1) is 0 Å². The zero-order chi connectivity index (χ0) is 13.9. The molecule has 0 aliphatic heterocycles. The van der Waals surface area contributed by atoms with Crippen molar-refractivity contribution < 1.29 is 19.5 Å². The first-order valence-electron chi connectivity index (χ1n) is 5.36. The summed E-state index contributed by atoms with van der Waals surface area (Å²) in [6.07, 6.45) is 5.97. The molecule has 19 heavy (non-hydrogen) atoms. The third-order valence-electron chi connectivity index (χ3n) is 2.98. The highest BCUT2D eigenvalue weighted by Crippen LogP contribution is 2.40. The molecule has 0 spiro atoms. The fraction of sp³-hybridized carbons (Fsp3) is 0.154. The molecule has 1 aromatic carbocycles. The molecule has 1 aromatic rings. The van der Waals surface area contributed by atoms with E-state index in [0.717, 1.165) is 0 Å². The topological polar surface area (TPSA) is 96.2 Å². The molecule has 0 radical (unpaired) electrons. The maximum absolute atomic E-state index is 11.5. The lowest BCUT2D eigenvalue weighted by Crippen LogP contribution is -2.35. The predicted octanol–water partition coefficient (Wildman–Crippen LogP) is 1.69. The van der Waals surface area contributed by atoms with Crippen molar-refractivity contribution in [2.24, 2.45) is 9.98 Å². The molecule has 6 nitrogen and oxygen atoms in total. The van der Waals surface area contributed by atoms with Gasteiger partial charge in [-0.1, -0.05) is 24.3 Å². The molecule has 94 valence electrons. The Kier molecular flexibility index (Phi) is 3.21. The molecule has 0 fully saturated rings. The molecule has 1 N–H and O–H groups in total. The van der Waals surface area contributed by atoms with Crippen LogP contribution in [0.25, 0.3) is 6.08 Å². The molecule has 2 rings (SSSR count). The van der Waals surface area contributed by atoms with Gasteiger partial charge >= 0.3 is 5.97 Å². The van der Waals surface area contributed by atoms with Crippen molar-refractivity contribution in [3.63, 3.8) is 0 Å². The normalized spacial score (nSPS) is 19.8. The summed E-state index contributed by atoms with van der Waals surface area (Å²) in [5.74, 6) is -1.26. The number of rotatable bonds is 3. The van der Waals surface area contributed by atoms with Crippen LogP contribution in [0.3, 0.4) is 0 Å². The van der Waals surface area contributed by atoms with E-state index in [0.29, 0.717) is 11.1 Å². The Bertz CT molecular complexity index is 663. The molecule has 0 bridgehead atoms. The van der Waals surface area contributed by atoms with Gasteiger partial charge in [-0.2, -0.15) is 9.98 Å². The van der Waals surface area contributed by atoms with Crippen LogP contribution in [0.2, 0.25) is 0 Å². The Morgan fingerprint density at radius 2 is 2.11 bits per heavy atom. The van der Waals surface area contributed by atoms with Crippen LogP contribution in [0.1, 0.15) is 17.5 Å². The monoisotopic (exact) mass is 256 g/mol. The van der Waals surface area contributed by atoms with E-state index in [1.807, 2.05) is 0 Å². The van der Waals surface area contributed by atoms with Crippen LogP contribution in [0.15, 0.2) is 34.3 Å². The number of carbonyl (C=O) groups is 1. The third-order valence-corrected chi connectivity index (χ3v) is 2.98. The molecular formula is C13H8N2O4. The quantitative estimate of drug-likeness (QED) is 0.657. The average Bonchev–Trinajstić information content (AvgIpc) is 2.40. The Morgan fingerprint density at radius 1 is 1.32 bits per heavy atom.